The molecule has 2 N–H and O–H groups in total. The Morgan fingerprint density at radius 1 is 1.35 bits per heavy atom. The molecule has 0 radical (unpaired) electrons. The van der Waals surface area contributed by atoms with E-state index < -0.39 is 17.7 Å². The summed E-state index contributed by atoms with van der Waals surface area (Å²) in [5.41, 5.74) is 1.54. The van der Waals surface area contributed by atoms with Crippen LogP contribution in [0, 0.1) is 0 Å². The van der Waals surface area contributed by atoms with Crippen LogP contribution in [-0.4, -0.2) is 35.4 Å². The first-order valence-corrected chi connectivity index (χ1v) is 7.77. The quantitative estimate of drug-likeness (QED) is 0.895. The van der Waals surface area contributed by atoms with Crippen LogP contribution in [0.25, 0.3) is 0 Å². The van der Waals surface area contributed by atoms with Crippen molar-refractivity contribution >= 4 is 12.1 Å². The van der Waals surface area contributed by atoms with E-state index in [2.05, 4.69) is 5.32 Å². The highest BCUT2D eigenvalue weighted by molar-refractivity contribution is 5.88. The minimum absolute atomic E-state index is 0.0396. The van der Waals surface area contributed by atoms with Gasteiger partial charge in [0.05, 0.1) is 12.2 Å². The van der Waals surface area contributed by atoms with E-state index in [4.69, 9.17) is 9.47 Å². The smallest absolute Gasteiger partial charge is 0.407 e. The zero-order chi connectivity index (χ0) is 16.8. The fourth-order valence-electron chi connectivity index (χ4n) is 2.89. The van der Waals surface area contributed by atoms with Gasteiger partial charge < -0.3 is 19.9 Å². The standard InChI is InChI=1S/C17H21NO5/c1-17(2,3)23-16(21)18-13-8-11(13)12-7-10(15(19)20)6-9-4-5-22-14(9)12/h6-7,11,13H,4-5,8H2,1-3H3,(H,18,21)(H,19,20)/t11-,13+/m0/s1. The third-order valence-electron chi connectivity index (χ3n) is 3.95. The number of benzene rings is 1. The molecule has 1 heterocycles. The first kappa shape index (κ1) is 15.6. The lowest BCUT2D eigenvalue weighted by Gasteiger charge is -2.19. The molecular formula is C17H21NO5. The lowest BCUT2D eigenvalue weighted by atomic mass is 10.00. The van der Waals surface area contributed by atoms with Crippen LogP contribution in [0.4, 0.5) is 4.79 Å². The van der Waals surface area contributed by atoms with E-state index in [0.29, 0.717) is 6.61 Å². The van der Waals surface area contributed by atoms with Gasteiger partial charge in [-0.3, -0.25) is 0 Å². The van der Waals surface area contributed by atoms with Crippen LogP contribution in [-0.2, 0) is 11.2 Å². The first-order chi connectivity index (χ1) is 10.7. The van der Waals surface area contributed by atoms with Crippen LogP contribution in [0.15, 0.2) is 12.1 Å². The Morgan fingerprint density at radius 2 is 2.09 bits per heavy atom. The molecule has 0 unspecified atom stereocenters. The summed E-state index contributed by atoms with van der Waals surface area (Å²) in [5, 5.41) is 12.1. The second-order valence-corrected chi connectivity index (χ2v) is 7.05. The molecule has 1 aliphatic heterocycles. The summed E-state index contributed by atoms with van der Waals surface area (Å²) in [6, 6.07) is 3.29. The molecule has 1 aromatic carbocycles. The Bertz CT molecular complexity index is 662. The Balaban J connectivity index is 1.74. The fourth-order valence-corrected chi connectivity index (χ4v) is 2.89. The van der Waals surface area contributed by atoms with Crippen molar-refractivity contribution in [2.24, 2.45) is 0 Å². The number of nitrogens with one attached hydrogen (secondary N) is 1. The minimum atomic E-state index is -0.946. The van der Waals surface area contributed by atoms with Crippen molar-refractivity contribution in [3.05, 3.63) is 28.8 Å². The van der Waals surface area contributed by atoms with E-state index in [1.165, 1.54) is 0 Å². The lowest BCUT2D eigenvalue weighted by molar-refractivity contribution is 0.0522. The van der Waals surface area contributed by atoms with Crippen molar-refractivity contribution in [2.75, 3.05) is 6.61 Å². The van der Waals surface area contributed by atoms with E-state index in [9.17, 15) is 14.7 Å². The van der Waals surface area contributed by atoms with Crippen LogP contribution in [0.1, 0.15) is 54.6 Å². The summed E-state index contributed by atoms with van der Waals surface area (Å²) >= 11 is 0. The van der Waals surface area contributed by atoms with Crippen LogP contribution in [0.2, 0.25) is 0 Å². The third kappa shape index (κ3) is 3.41. The molecule has 2 aliphatic rings. The Kier molecular flexibility index (Phi) is 3.70. The number of carbonyl (C=O) groups is 2. The summed E-state index contributed by atoms with van der Waals surface area (Å²) in [6.07, 6.45) is 1.04. The van der Waals surface area contributed by atoms with Gasteiger partial charge in [-0.25, -0.2) is 9.59 Å². The molecule has 0 saturated heterocycles. The highest BCUT2D eigenvalue weighted by Crippen LogP contribution is 2.47. The van der Waals surface area contributed by atoms with Gasteiger partial charge >= 0.3 is 12.1 Å². The molecule has 6 heteroatoms. The van der Waals surface area contributed by atoms with Crippen LogP contribution >= 0.6 is 0 Å². The van der Waals surface area contributed by atoms with Gasteiger partial charge in [0.1, 0.15) is 11.4 Å². The Hall–Kier alpha value is -2.24. The molecule has 1 amide bonds. The number of amides is 1. The van der Waals surface area contributed by atoms with Gasteiger partial charge in [0, 0.05) is 23.9 Å². The van der Waals surface area contributed by atoms with Crippen molar-refractivity contribution in [1.29, 1.82) is 0 Å². The average Bonchev–Trinajstić information content (AvgIpc) is 2.99. The van der Waals surface area contributed by atoms with E-state index in [1.807, 2.05) is 20.8 Å². The van der Waals surface area contributed by atoms with Gasteiger partial charge in [0.2, 0.25) is 0 Å². The first-order valence-electron chi connectivity index (χ1n) is 7.77. The average molecular weight is 319 g/mol. The van der Waals surface area contributed by atoms with Crippen LogP contribution < -0.4 is 10.1 Å². The topological polar surface area (TPSA) is 84.9 Å². The zero-order valence-corrected chi connectivity index (χ0v) is 13.5. The number of carboxylic acids is 1. The largest absolute Gasteiger partial charge is 0.493 e. The summed E-state index contributed by atoms with van der Waals surface area (Å²) < 4.78 is 10.9. The number of carboxylic acid groups (broad SMARTS) is 1. The monoisotopic (exact) mass is 319 g/mol. The molecule has 1 saturated carbocycles. The predicted octanol–water partition coefficient (Wildman–Crippen LogP) is 2.70. The molecule has 3 rings (SSSR count). The number of fused-ring (bicyclic) bond motifs is 1. The highest BCUT2D eigenvalue weighted by Gasteiger charge is 2.43. The van der Waals surface area contributed by atoms with Gasteiger partial charge in [-0.05, 0) is 44.9 Å². The molecule has 124 valence electrons. The maximum absolute atomic E-state index is 11.8. The van der Waals surface area contributed by atoms with Crippen molar-refractivity contribution < 1.29 is 24.2 Å². The fraction of sp³-hybridized carbons (Fsp3) is 0.529. The molecule has 1 aromatic rings. The summed E-state index contributed by atoms with van der Waals surface area (Å²) in [5.74, 6) is -0.0830. The molecule has 2 atom stereocenters. The van der Waals surface area contributed by atoms with Crippen molar-refractivity contribution in [3.8, 4) is 5.75 Å². The molecular weight excluding hydrogens is 298 g/mol. The number of hydrogen-bond donors (Lipinski definition) is 2. The van der Waals surface area contributed by atoms with Gasteiger partial charge in [-0.15, -0.1) is 0 Å². The summed E-state index contributed by atoms with van der Waals surface area (Å²) in [6.45, 7) is 6.01. The van der Waals surface area contributed by atoms with E-state index in [1.54, 1.807) is 12.1 Å². The van der Waals surface area contributed by atoms with Gasteiger partial charge in [0.15, 0.2) is 0 Å². The SMILES string of the molecule is CC(C)(C)OC(=O)N[C@@H]1C[C@H]1c1cc(C(=O)O)cc2c1OCC2. The maximum Gasteiger partial charge on any atom is 0.407 e. The highest BCUT2D eigenvalue weighted by atomic mass is 16.6. The number of carbonyl (C=O) groups excluding carboxylic acids is 1. The number of rotatable bonds is 3. The van der Waals surface area contributed by atoms with Gasteiger partial charge in [-0.1, -0.05) is 0 Å². The lowest BCUT2D eigenvalue weighted by Crippen LogP contribution is -2.34. The summed E-state index contributed by atoms with van der Waals surface area (Å²) in [7, 11) is 0. The van der Waals surface area contributed by atoms with Gasteiger partial charge in [-0.2, -0.15) is 0 Å². The normalized spacial score (nSPS) is 22.0. The van der Waals surface area contributed by atoms with Crippen LogP contribution in [0.3, 0.4) is 0 Å². The molecule has 0 bridgehead atoms. The minimum Gasteiger partial charge on any atom is -0.493 e. The maximum atomic E-state index is 11.8. The Morgan fingerprint density at radius 3 is 2.74 bits per heavy atom. The number of alkyl carbamates (subject to hydrolysis) is 1. The number of aromatic carboxylic acids is 1. The van der Waals surface area contributed by atoms with E-state index in [-0.39, 0.29) is 17.5 Å². The van der Waals surface area contributed by atoms with Crippen molar-refractivity contribution in [2.45, 2.75) is 51.2 Å². The third-order valence-corrected chi connectivity index (χ3v) is 3.95. The van der Waals surface area contributed by atoms with E-state index in [0.717, 1.165) is 29.7 Å². The van der Waals surface area contributed by atoms with Gasteiger partial charge in [0.25, 0.3) is 0 Å². The number of hydrogen-bond acceptors (Lipinski definition) is 4. The van der Waals surface area contributed by atoms with Crippen molar-refractivity contribution in [1.82, 2.24) is 5.32 Å². The zero-order valence-electron chi connectivity index (χ0n) is 13.5. The Labute approximate surface area is 134 Å². The molecule has 0 spiro atoms. The molecule has 23 heavy (non-hydrogen) atoms. The molecule has 1 aliphatic carbocycles. The second kappa shape index (κ2) is 5.44. The van der Waals surface area contributed by atoms with Crippen LogP contribution in [0.5, 0.6) is 5.75 Å². The molecule has 0 aromatic heterocycles. The predicted molar refractivity (Wildman–Crippen MR) is 83.1 cm³/mol. The molecule has 6 nitrogen and oxygen atoms in total. The summed E-state index contributed by atoms with van der Waals surface area (Å²) in [4.78, 5) is 23.1. The van der Waals surface area contributed by atoms with E-state index >= 15 is 0 Å². The molecule has 1 fully saturated rings. The van der Waals surface area contributed by atoms with Crippen molar-refractivity contribution in [3.63, 3.8) is 0 Å². The number of ether oxygens (including phenoxy) is 2. The second-order valence-electron chi connectivity index (χ2n) is 7.05.